The molecule has 1 atom stereocenters. The van der Waals surface area contributed by atoms with Gasteiger partial charge in [-0.15, -0.1) is 5.10 Å². The lowest BCUT2D eigenvalue weighted by Gasteiger charge is -2.18. The van der Waals surface area contributed by atoms with E-state index < -0.39 is 0 Å². The highest BCUT2D eigenvalue weighted by atomic mass is 15.4. The summed E-state index contributed by atoms with van der Waals surface area (Å²) >= 11 is 0. The molecule has 0 amide bonds. The molecule has 20 heavy (non-hydrogen) atoms. The Morgan fingerprint density at radius 2 is 2.05 bits per heavy atom. The third-order valence-corrected chi connectivity index (χ3v) is 3.55. The second kappa shape index (κ2) is 7.80. The van der Waals surface area contributed by atoms with Gasteiger partial charge in [0.05, 0.1) is 17.9 Å². The summed E-state index contributed by atoms with van der Waals surface area (Å²) in [4.78, 5) is 0. The number of hydrogen-bond donors (Lipinski definition) is 1. The van der Waals surface area contributed by atoms with Gasteiger partial charge >= 0.3 is 0 Å². The molecule has 0 aliphatic heterocycles. The minimum atomic E-state index is 0.346. The van der Waals surface area contributed by atoms with Gasteiger partial charge in [-0.1, -0.05) is 42.5 Å². The summed E-state index contributed by atoms with van der Waals surface area (Å²) in [6.07, 6.45) is 6.40. The lowest BCUT2D eigenvalue weighted by Crippen LogP contribution is -2.24. The quantitative estimate of drug-likeness (QED) is 0.803. The van der Waals surface area contributed by atoms with E-state index in [1.807, 2.05) is 17.9 Å². The Morgan fingerprint density at radius 3 is 2.70 bits per heavy atom. The van der Waals surface area contributed by atoms with Crippen LogP contribution in [0.15, 0.2) is 36.5 Å². The molecule has 1 unspecified atom stereocenters. The average Bonchev–Trinajstić information content (AvgIpc) is 2.90. The van der Waals surface area contributed by atoms with Crippen LogP contribution in [0.1, 0.15) is 43.5 Å². The molecule has 4 nitrogen and oxygen atoms in total. The minimum absolute atomic E-state index is 0.346. The zero-order valence-corrected chi connectivity index (χ0v) is 12.4. The summed E-state index contributed by atoms with van der Waals surface area (Å²) in [6, 6.07) is 11.0. The van der Waals surface area contributed by atoms with Crippen molar-refractivity contribution in [3.05, 3.63) is 47.8 Å². The molecule has 1 aromatic heterocycles. The van der Waals surface area contributed by atoms with E-state index in [-0.39, 0.29) is 0 Å². The number of aromatic nitrogens is 3. The van der Waals surface area contributed by atoms with Crippen LogP contribution >= 0.6 is 0 Å². The molecule has 0 spiro atoms. The van der Waals surface area contributed by atoms with Crippen LogP contribution in [0.5, 0.6) is 0 Å². The predicted octanol–water partition coefficient (Wildman–Crippen LogP) is 2.88. The van der Waals surface area contributed by atoms with E-state index in [1.165, 1.54) is 11.3 Å². The summed E-state index contributed by atoms with van der Waals surface area (Å²) in [5.74, 6) is 0. The van der Waals surface area contributed by atoms with Gasteiger partial charge in [-0.25, -0.2) is 0 Å². The number of benzene rings is 1. The Labute approximate surface area is 121 Å². The number of aryl methyl sites for hydroxylation is 2. The second-order valence-electron chi connectivity index (χ2n) is 5.17. The maximum atomic E-state index is 4.04. The van der Waals surface area contributed by atoms with Gasteiger partial charge in [0.2, 0.25) is 0 Å². The summed E-state index contributed by atoms with van der Waals surface area (Å²) in [7, 11) is 1.96. The molecular weight excluding hydrogens is 248 g/mol. The highest BCUT2D eigenvalue weighted by Crippen LogP contribution is 2.18. The Bertz CT molecular complexity index is 492. The third kappa shape index (κ3) is 4.17. The Balaban J connectivity index is 1.89. The molecule has 0 aliphatic carbocycles. The molecule has 0 aliphatic rings. The summed E-state index contributed by atoms with van der Waals surface area (Å²) in [6.45, 7) is 3.22. The van der Waals surface area contributed by atoms with E-state index in [1.54, 1.807) is 0 Å². The smallest absolute Gasteiger partial charge is 0.0753 e. The average molecular weight is 272 g/mol. The Morgan fingerprint density at radius 1 is 1.25 bits per heavy atom. The molecule has 1 N–H and O–H groups in total. The van der Waals surface area contributed by atoms with Crippen molar-refractivity contribution in [2.75, 3.05) is 6.54 Å². The monoisotopic (exact) mass is 272 g/mol. The van der Waals surface area contributed by atoms with Gasteiger partial charge in [0.15, 0.2) is 0 Å². The number of hydrogen-bond acceptors (Lipinski definition) is 3. The summed E-state index contributed by atoms with van der Waals surface area (Å²) in [5.41, 5.74) is 2.58. The lowest BCUT2D eigenvalue weighted by molar-refractivity contribution is 0.455. The fourth-order valence-electron chi connectivity index (χ4n) is 2.44. The van der Waals surface area contributed by atoms with E-state index in [2.05, 4.69) is 52.9 Å². The van der Waals surface area contributed by atoms with Crippen LogP contribution in [0.4, 0.5) is 0 Å². The van der Waals surface area contributed by atoms with E-state index in [0.29, 0.717) is 6.04 Å². The van der Waals surface area contributed by atoms with Crippen molar-refractivity contribution < 1.29 is 0 Å². The number of nitrogens with one attached hydrogen (secondary N) is 1. The van der Waals surface area contributed by atoms with Crippen molar-refractivity contribution in [2.24, 2.45) is 7.05 Å². The molecule has 0 radical (unpaired) electrons. The van der Waals surface area contributed by atoms with Crippen LogP contribution in [-0.4, -0.2) is 21.5 Å². The highest BCUT2D eigenvalue weighted by Gasteiger charge is 2.14. The molecule has 108 valence electrons. The third-order valence-electron chi connectivity index (χ3n) is 3.55. The van der Waals surface area contributed by atoms with Crippen LogP contribution < -0.4 is 5.32 Å². The van der Waals surface area contributed by atoms with Crippen LogP contribution in [0.3, 0.4) is 0 Å². The number of nitrogens with zero attached hydrogens (tertiary/aromatic N) is 3. The standard InChI is InChI=1S/C16H24N4/c1-3-12-17-15(16-13-18-19-20(16)2)11-7-10-14-8-5-4-6-9-14/h4-6,8-9,13,15,17H,3,7,10-12H2,1-2H3. The van der Waals surface area contributed by atoms with Crippen molar-refractivity contribution in [3.63, 3.8) is 0 Å². The van der Waals surface area contributed by atoms with Crippen molar-refractivity contribution >= 4 is 0 Å². The lowest BCUT2D eigenvalue weighted by atomic mass is 10.0. The Hall–Kier alpha value is -1.68. The molecule has 0 bridgehead atoms. The maximum Gasteiger partial charge on any atom is 0.0753 e. The molecule has 0 fully saturated rings. The predicted molar refractivity (Wildman–Crippen MR) is 81.4 cm³/mol. The SMILES string of the molecule is CCCNC(CCCc1ccccc1)c1cnnn1C. The van der Waals surface area contributed by atoms with Gasteiger partial charge in [0.1, 0.15) is 0 Å². The first-order valence-electron chi connectivity index (χ1n) is 7.43. The fraction of sp³-hybridized carbons (Fsp3) is 0.500. The van der Waals surface area contributed by atoms with Crippen LogP contribution in [-0.2, 0) is 13.5 Å². The van der Waals surface area contributed by atoms with E-state index in [4.69, 9.17) is 0 Å². The molecule has 0 saturated heterocycles. The zero-order chi connectivity index (χ0) is 14.2. The topological polar surface area (TPSA) is 42.7 Å². The van der Waals surface area contributed by atoms with Gasteiger partial charge in [0, 0.05) is 7.05 Å². The van der Waals surface area contributed by atoms with E-state index in [9.17, 15) is 0 Å². The van der Waals surface area contributed by atoms with Crippen molar-refractivity contribution in [1.29, 1.82) is 0 Å². The van der Waals surface area contributed by atoms with Gasteiger partial charge in [-0.05, 0) is 37.8 Å². The fourth-order valence-corrected chi connectivity index (χ4v) is 2.44. The largest absolute Gasteiger partial charge is 0.309 e. The normalized spacial score (nSPS) is 12.5. The molecule has 1 heterocycles. The first-order chi connectivity index (χ1) is 9.81. The first-order valence-corrected chi connectivity index (χ1v) is 7.43. The molecule has 2 rings (SSSR count). The van der Waals surface area contributed by atoms with Crippen molar-refractivity contribution in [3.8, 4) is 0 Å². The van der Waals surface area contributed by atoms with Gasteiger partial charge in [-0.3, -0.25) is 4.68 Å². The minimum Gasteiger partial charge on any atom is -0.309 e. The molecule has 0 saturated carbocycles. The van der Waals surface area contributed by atoms with Gasteiger partial charge in [0.25, 0.3) is 0 Å². The molecule has 2 aromatic rings. The Kier molecular flexibility index (Phi) is 5.74. The van der Waals surface area contributed by atoms with Crippen LogP contribution in [0.2, 0.25) is 0 Å². The second-order valence-corrected chi connectivity index (χ2v) is 5.17. The zero-order valence-electron chi connectivity index (χ0n) is 12.4. The van der Waals surface area contributed by atoms with Crippen LogP contribution in [0, 0.1) is 0 Å². The van der Waals surface area contributed by atoms with Crippen LogP contribution in [0.25, 0.3) is 0 Å². The molecule has 4 heteroatoms. The number of rotatable bonds is 8. The molecular formula is C16H24N4. The highest BCUT2D eigenvalue weighted by molar-refractivity contribution is 5.14. The van der Waals surface area contributed by atoms with Gasteiger partial charge in [-0.2, -0.15) is 0 Å². The molecule has 1 aromatic carbocycles. The van der Waals surface area contributed by atoms with Crippen molar-refractivity contribution in [2.45, 2.75) is 38.6 Å². The van der Waals surface area contributed by atoms with E-state index in [0.717, 1.165) is 32.2 Å². The summed E-state index contributed by atoms with van der Waals surface area (Å²) in [5, 5.41) is 11.6. The first kappa shape index (κ1) is 14.7. The maximum absolute atomic E-state index is 4.04. The van der Waals surface area contributed by atoms with Gasteiger partial charge < -0.3 is 5.32 Å². The van der Waals surface area contributed by atoms with Crippen molar-refractivity contribution in [1.82, 2.24) is 20.3 Å². The summed E-state index contributed by atoms with van der Waals surface area (Å²) < 4.78 is 1.87. The van der Waals surface area contributed by atoms with E-state index >= 15 is 0 Å².